The van der Waals surface area contributed by atoms with Crippen molar-refractivity contribution in [1.29, 1.82) is 0 Å². The topological polar surface area (TPSA) is 81.7 Å². The van der Waals surface area contributed by atoms with Gasteiger partial charge in [0.05, 0.1) is 0 Å². The normalized spacial score (nSPS) is 16.9. The molecule has 2 unspecified atom stereocenters. The first-order chi connectivity index (χ1) is 14.6. The largest absolute Gasteiger partial charge is 0.356 e. The molecule has 0 spiro atoms. The number of nitrogens with zero attached hydrogens (tertiary/aromatic N) is 1. The molecule has 0 radical (unpaired) electrons. The summed E-state index contributed by atoms with van der Waals surface area (Å²) in [6.45, 7) is 2.78. The maximum Gasteiger partial charge on any atom is 0.274 e. The summed E-state index contributed by atoms with van der Waals surface area (Å²) in [7, 11) is 0. The zero-order valence-corrected chi connectivity index (χ0v) is 16.8. The average Bonchev–Trinajstić information content (AvgIpc) is 3.19. The van der Waals surface area contributed by atoms with Crippen molar-refractivity contribution in [3.8, 4) is 0 Å². The van der Waals surface area contributed by atoms with Crippen LogP contribution in [0.25, 0.3) is 10.8 Å². The summed E-state index contributed by atoms with van der Waals surface area (Å²) >= 11 is 0. The number of anilines is 1. The minimum Gasteiger partial charge on any atom is -0.356 e. The predicted octanol–water partition coefficient (Wildman–Crippen LogP) is 3.28. The van der Waals surface area contributed by atoms with E-state index in [1.165, 1.54) is 16.3 Å². The van der Waals surface area contributed by atoms with Gasteiger partial charge in [0.2, 0.25) is 5.91 Å². The molecule has 3 aromatic carbocycles. The zero-order valence-electron chi connectivity index (χ0n) is 16.8. The quantitative estimate of drug-likeness (QED) is 0.436. The van der Waals surface area contributed by atoms with Crippen LogP contribution in [0.4, 0.5) is 5.69 Å². The molecule has 3 aromatic rings. The third kappa shape index (κ3) is 4.00. The third-order valence-corrected chi connectivity index (χ3v) is 5.70. The van der Waals surface area contributed by atoms with Crippen molar-refractivity contribution in [2.24, 2.45) is 0 Å². The highest BCUT2D eigenvalue weighted by atomic mass is 16.5. The lowest BCUT2D eigenvalue weighted by Crippen LogP contribution is -2.47. The second kappa shape index (κ2) is 8.55. The highest BCUT2D eigenvalue weighted by Crippen LogP contribution is 2.27. The Morgan fingerprint density at radius 2 is 1.87 bits per heavy atom. The van der Waals surface area contributed by atoms with Gasteiger partial charge in [-0.2, -0.15) is 0 Å². The Morgan fingerprint density at radius 3 is 2.53 bits per heavy atom. The molecule has 6 heteroatoms. The molecule has 3 N–H and O–H groups in total. The van der Waals surface area contributed by atoms with Gasteiger partial charge in [-0.05, 0) is 60.4 Å². The van der Waals surface area contributed by atoms with E-state index < -0.39 is 5.91 Å². The second-order valence-electron chi connectivity index (χ2n) is 7.73. The Hall–Kier alpha value is -3.38. The Bertz CT molecular complexity index is 1060. The molecular weight excluding hydrogens is 378 g/mol. The first-order valence-corrected chi connectivity index (χ1v) is 10.1. The molecule has 0 saturated carbocycles. The maximum atomic E-state index is 12.5. The number of carbonyl (C=O) groups is 2. The maximum absolute atomic E-state index is 12.5. The molecule has 4 rings (SSSR count). The van der Waals surface area contributed by atoms with Gasteiger partial charge in [0, 0.05) is 23.8 Å². The molecule has 30 heavy (non-hydrogen) atoms. The van der Waals surface area contributed by atoms with E-state index in [9.17, 15) is 9.59 Å². The number of benzene rings is 3. The van der Waals surface area contributed by atoms with E-state index >= 15 is 0 Å². The van der Waals surface area contributed by atoms with Crippen molar-refractivity contribution < 1.29 is 14.8 Å². The molecule has 2 amide bonds. The van der Waals surface area contributed by atoms with Gasteiger partial charge in [-0.15, -0.1) is 0 Å². The molecule has 1 saturated heterocycles. The van der Waals surface area contributed by atoms with E-state index in [0.29, 0.717) is 12.1 Å². The minimum atomic E-state index is -0.559. The molecule has 154 valence electrons. The molecule has 2 atom stereocenters. The Balaban J connectivity index is 1.62. The Labute approximate surface area is 175 Å². The number of hydrogen-bond donors (Lipinski definition) is 3. The van der Waals surface area contributed by atoms with E-state index in [1.54, 1.807) is 17.6 Å². The lowest BCUT2D eigenvalue weighted by Gasteiger charge is -2.35. The fourth-order valence-corrected chi connectivity index (χ4v) is 4.24. The van der Waals surface area contributed by atoms with Gasteiger partial charge < -0.3 is 10.2 Å². The van der Waals surface area contributed by atoms with Crippen molar-refractivity contribution in [3.05, 3.63) is 77.9 Å². The number of carbonyl (C=O) groups excluding carboxylic acids is 2. The smallest absolute Gasteiger partial charge is 0.274 e. The molecule has 0 bridgehead atoms. The number of hydroxylamine groups is 1. The second-order valence-corrected chi connectivity index (χ2v) is 7.73. The fourth-order valence-electron chi connectivity index (χ4n) is 4.24. The van der Waals surface area contributed by atoms with E-state index in [2.05, 4.69) is 47.5 Å². The van der Waals surface area contributed by atoms with Gasteiger partial charge in [0.1, 0.15) is 6.04 Å². The van der Waals surface area contributed by atoms with Gasteiger partial charge in [-0.3, -0.25) is 14.8 Å². The van der Waals surface area contributed by atoms with Crippen molar-refractivity contribution in [2.75, 3.05) is 11.4 Å². The van der Waals surface area contributed by atoms with Crippen molar-refractivity contribution in [2.45, 2.75) is 31.8 Å². The number of rotatable bonds is 6. The van der Waals surface area contributed by atoms with Crippen LogP contribution in [0.15, 0.2) is 66.7 Å². The molecule has 1 aliphatic heterocycles. The van der Waals surface area contributed by atoms with E-state index in [-0.39, 0.29) is 18.0 Å². The minimum absolute atomic E-state index is 0.0255. The molecule has 1 heterocycles. The van der Waals surface area contributed by atoms with Gasteiger partial charge in [0.15, 0.2) is 0 Å². The lowest BCUT2D eigenvalue weighted by atomic mass is 9.99. The average molecular weight is 403 g/mol. The van der Waals surface area contributed by atoms with E-state index in [4.69, 9.17) is 5.21 Å². The third-order valence-electron chi connectivity index (χ3n) is 5.70. The molecule has 1 aliphatic rings. The Kier molecular flexibility index (Phi) is 5.68. The SMILES string of the molecule is CC(Cc1ccc2ccccc2c1)N(c1ccc(C(=O)NO)cc1)C1CCNC1=O. The van der Waals surface area contributed by atoms with Crippen molar-refractivity contribution >= 4 is 28.3 Å². The highest BCUT2D eigenvalue weighted by Gasteiger charge is 2.33. The summed E-state index contributed by atoms with van der Waals surface area (Å²) in [4.78, 5) is 26.3. The van der Waals surface area contributed by atoms with Gasteiger partial charge in [0.25, 0.3) is 5.91 Å². The van der Waals surface area contributed by atoms with Crippen LogP contribution in [-0.4, -0.2) is 35.7 Å². The van der Waals surface area contributed by atoms with Gasteiger partial charge >= 0.3 is 0 Å². The van der Waals surface area contributed by atoms with Crippen LogP contribution < -0.4 is 15.7 Å². The lowest BCUT2D eigenvalue weighted by molar-refractivity contribution is -0.120. The van der Waals surface area contributed by atoms with E-state index in [1.807, 2.05) is 24.3 Å². The van der Waals surface area contributed by atoms with Crippen LogP contribution in [0, 0.1) is 0 Å². The molecular formula is C24H25N3O3. The van der Waals surface area contributed by atoms with Crippen LogP contribution in [0.5, 0.6) is 0 Å². The monoisotopic (exact) mass is 403 g/mol. The molecule has 6 nitrogen and oxygen atoms in total. The standard InChI is InChI=1S/C24H25N3O3/c1-16(14-17-6-7-18-4-2-3-5-20(18)15-17)27(22-12-13-25-24(22)29)21-10-8-19(9-11-21)23(28)26-30/h2-11,15-16,22,30H,12-14H2,1H3,(H,25,29)(H,26,28). The molecule has 0 aromatic heterocycles. The predicted molar refractivity (Wildman–Crippen MR) is 117 cm³/mol. The summed E-state index contributed by atoms with van der Waals surface area (Å²) in [6, 6.07) is 21.5. The molecule has 1 fully saturated rings. The van der Waals surface area contributed by atoms with E-state index in [0.717, 1.165) is 18.5 Å². The summed E-state index contributed by atoms with van der Waals surface area (Å²) in [5.74, 6) is -0.534. The number of fused-ring (bicyclic) bond motifs is 1. The first kappa shape index (κ1) is 19.9. The zero-order chi connectivity index (χ0) is 21.1. The summed E-state index contributed by atoms with van der Waals surface area (Å²) in [5, 5.41) is 14.2. The van der Waals surface area contributed by atoms with Crippen LogP contribution in [0.3, 0.4) is 0 Å². The first-order valence-electron chi connectivity index (χ1n) is 10.1. The molecule has 0 aliphatic carbocycles. The Morgan fingerprint density at radius 1 is 1.13 bits per heavy atom. The van der Waals surface area contributed by atoms with Gasteiger partial charge in [-0.1, -0.05) is 42.5 Å². The van der Waals surface area contributed by atoms with Crippen LogP contribution in [0.2, 0.25) is 0 Å². The summed E-state index contributed by atoms with van der Waals surface area (Å²) in [5.41, 5.74) is 4.09. The summed E-state index contributed by atoms with van der Waals surface area (Å²) < 4.78 is 0. The van der Waals surface area contributed by atoms with Gasteiger partial charge in [-0.25, -0.2) is 5.48 Å². The van der Waals surface area contributed by atoms with Crippen molar-refractivity contribution in [1.82, 2.24) is 10.8 Å². The van der Waals surface area contributed by atoms with Crippen molar-refractivity contribution in [3.63, 3.8) is 0 Å². The highest BCUT2D eigenvalue weighted by molar-refractivity contribution is 5.94. The van der Waals surface area contributed by atoms with Crippen LogP contribution in [-0.2, 0) is 11.2 Å². The summed E-state index contributed by atoms with van der Waals surface area (Å²) in [6.07, 6.45) is 1.52. The fraction of sp³-hybridized carbons (Fsp3) is 0.250. The van der Waals surface area contributed by atoms with Crippen LogP contribution >= 0.6 is 0 Å². The van der Waals surface area contributed by atoms with Crippen LogP contribution in [0.1, 0.15) is 29.3 Å². The number of amides is 2. The number of nitrogens with one attached hydrogen (secondary N) is 2. The number of hydrogen-bond acceptors (Lipinski definition) is 4.